The minimum Gasteiger partial charge on any atom is -0.481 e. The third kappa shape index (κ3) is 2.78. The first kappa shape index (κ1) is 12.8. The number of halogens is 1. The highest BCUT2D eigenvalue weighted by molar-refractivity contribution is 8.00. The van der Waals surface area contributed by atoms with Gasteiger partial charge in [0.2, 0.25) is 0 Å². The molecule has 1 unspecified atom stereocenters. The largest absolute Gasteiger partial charge is 0.481 e. The maximum atomic E-state index is 11.1. The first-order valence-electron chi connectivity index (χ1n) is 5.57. The van der Waals surface area contributed by atoms with Crippen molar-refractivity contribution in [3.05, 3.63) is 28.8 Å². The van der Waals surface area contributed by atoms with E-state index in [0.29, 0.717) is 11.7 Å². The van der Waals surface area contributed by atoms with Gasteiger partial charge < -0.3 is 5.11 Å². The number of carboxylic acid groups (broad SMARTS) is 1. The molecule has 1 aliphatic heterocycles. The van der Waals surface area contributed by atoms with Gasteiger partial charge in [0, 0.05) is 15.2 Å². The lowest BCUT2D eigenvalue weighted by atomic mass is 9.86. The van der Waals surface area contributed by atoms with Gasteiger partial charge in [-0.15, -0.1) is 11.8 Å². The Morgan fingerprint density at radius 1 is 1.59 bits per heavy atom. The number of hydrogen-bond acceptors (Lipinski definition) is 2. The summed E-state index contributed by atoms with van der Waals surface area (Å²) in [6.45, 7) is 3.57. The van der Waals surface area contributed by atoms with Crippen LogP contribution in [0.4, 0.5) is 0 Å². The molecule has 0 aromatic heterocycles. The van der Waals surface area contributed by atoms with Crippen molar-refractivity contribution in [2.24, 2.45) is 5.41 Å². The topological polar surface area (TPSA) is 37.3 Å². The van der Waals surface area contributed by atoms with Gasteiger partial charge in [-0.3, -0.25) is 4.79 Å². The molecule has 0 spiro atoms. The van der Waals surface area contributed by atoms with Crippen LogP contribution in [0.3, 0.4) is 0 Å². The Morgan fingerprint density at radius 3 is 2.94 bits per heavy atom. The van der Waals surface area contributed by atoms with Gasteiger partial charge in [0.05, 0.1) is 5.41 Å². The number of hydrogen-bond donors (Lipinski definition) is 1. The molecular formula is C13H15ClO2S. The summed E-state index contributed by atoms with van der Waals surface area (Å²) in [7, 11) is 0. The molecule has 4 heteroatoms. The molecule has 0 radical (unpaired) electrons. The van der Waals surface area contributed by atoms with E-state index >= 15 is 0 Å². The molecule has 1 N–H and O–H groups in total. The summed E-state index contributed by atoms with van der Waals surface area (Å²) in [5.74, 6) is -0.730. The summed E-state index contributed by atoms with van der Waals surface area (Å²) in [5, 5.41) is 10.2. The van der Waals surface area contributed by atoms with Crippen LogP contribution < -0.4 is 0 Å². The number of rotatable bonds is 3. The van der Waals surface area contributed by atoms with Crippen LogP contribution in [0.5, 0.6) is 0 Å². The minimum atomic E-state index is -0.730. The average molecular weight is 271 g/mol. The van der Waals surface area contributed by atoms with Crippen molar-refractivity contribution in [1.29, 1.82) is 0 Å². The summed E-state index contributed by atoms with van der Waals surface area (Å²) in [5.41, 5.74) is 0.581. The Morgan fingerprint density at radius 2 is 2.29 bits per heavy atom. The number of carboxylic acids is 1. The van der Waals surface area contributed by atoms with Crippen molar-refractivity contribution in [3.8, 4) is 0 Å². The van der Waals surface area contributed by atoms with E-state index in [9.17, 15) is 4.79 Å². The lowest BCUT2D eigenvalue weighted by Gasteiger charge is -2.22. The van der Waals surface area contributed by atoms with Gasteiger partial charge in [0.25, 0.3) is 0 Å². The Bertz CT molecular complexity index is 457. The Hall–Kier alpha value is -0.670. The van der Waals surface area contributed by atoms with Gasteiger partial charge >= 0.3 is 5.97 Å². The summed E-state index contributed by atoms with van der Waals surface area (Å²) in [6.07, 6.45) is 1.59. The number of fused-ring (bicyclic) bond motifs is 1. The zero-order valence-corrected chi connectivity index (χ0v) is 11.4. The predicted molar refractivity (Wildman–Crippen MR) is 70.8 cm³/mol. The Kier molecular flexibility index (Phi) is 3.41. The van der Waals surface area contributed by atoms with E-state index < -0.39 is 11.4 Å². The zero-order valence-electron chi connectivity index (χ0n) is 9.87. The summed E-state index contributed by atoms with van der Waals surface area (Å²) in [6, 6.07) is 5.89. The Balaban J connectivity index is 2.08. The number of aliphatic carboxylic acids is 1. The van der Waals surface area contributed by atoms with Crippen LogP contribution >= 0.6 is 23.4 Å². The van der Waals surface area contributed by atoms with Crippen molar-refractivity contribution in [3.63, 3.8) is 0 Å². The molecule has 2 rings (SSSR count). The van der Waals surface area contributed by atoms with E-state index in [2.05, 4.69) is 0 Å². The smallest absolute Gasteiger partial charge is 0.309 e. The van der Waals surface area contributed by atoms with Gasteiger partial charge in [-0.25, -0.2) is 0 Å². The first-order valence-corrected chi connectivity index (χ1v) is 6.83. The van der Waals surface area contributed by atoms with Crippen molar-refractivity contribution in [1.82, 2.24) is 0 Å². The van der Waals surface area contributed by atoms with Gasteiger partial charge in [-0.05, 0) is 50.5 Å². The molecule has 0 saturated carbocycles. The van der Waals surface area contributed by atoms with Crippen LogP contribution in [0.25, 0.3) is 0 Å². The lowest BCUT2D eigenvalue weighted by Crippen LogP contribution is -2.27. The molecule has 1 aromatic carbocycles. The molecule has 1 atom stereocenters. The van der Waals surface area contributed by atoms with Crippen LogP contribution in [0.2, 0.25) is 5.02 Å². The van der Waals surface area contributed by atoms with Gasteiger partial charge in [-0.1, -0.05) is 11.6 Å². The molecule has 17 heavy (non-hydrogen) atoms. The van der Waals surface area contributed by atoms with E-state index in [-0.39, 0.29) is 0 Å². The molecule has 1 heterocycles. The maximum Gasteiger partial charge on any atom is 0.309 e. The first-order chi connectivity index (χ1) is 7.88. The molecule has 0 fully saturated rings. The average Bonchev–Trinajstić information content (AvgIpc) is 2.57. The predicted octanol–water partition coefficient (Wildman–Crippen LogP) is 3.86. The standard InChI is InChI=1S/C13H15ClO2S/c1-13(2,12(15)16)7-10-6-8-5-9(14)3-4-11(8)17-10/h3-5,10H,6-7H2,1-2H3,(H,15,16). The maximum absolute atomic E-state index is 11.1. The van der Waals surface area contributed by atoms with Gasteiger partial charge in [-0.2, -0.15) is 0 Å². The third-order valence-corrected chi connectivity index (χ3v) is 4.63. The molecule has 0 saturated heterocycles. The second-order valence-electron chi connectivity index (χ2n) is 5.09. The summed E-state index contributed by atoms with van der Waals surface area (Å²) < 4.78 is 0. The van der Waals surface area contributed by atoms with E-state index in [4.69, 9.17) is 16.7 Å². The SMILES string of the molecule is CC(C)(CC1Cc2cc(Cl)ccc2S1)C(=O)O. The molecule has 1 aromatic rings. The molecule has 2 nitrogen and oxygen atoms in total. The van der Waals surface area contributed by atoms with Crippen molar-refractivity contribution in [2.75, 3.05) is 0 Å². The van der Waals surface area contributed by atoms with Gasteiger partial charge in [0.15, 0.2) is 0 Å². The highest BCUT2D eigenvalue weighted by Gasteiger charge is 2.33. The normalized spacial score (nSPS) is 19.1. The van der Waals surface area contributed by atoms with E-state index in [1.165, 1.54) is 10.5 Å². The number of thioether (sulfide) groups is 1. The number of benzene rings is 1. The molecule has 0 amide bonds. The second-order valence-corrected chi connectivity index (χ2v) is 6.87. The fourth-order valence-corrected chi connectivity index (χ4v) is 3.82. The molecule has 0 bridgehead atoms. The molecule has 92 valence electrons. The van der Waals surface area contributed by atoms with Crippen molar-refractivity contribution < 1.29 is 9.90 Å². The second kappa shape index (κ2) is 4.54. The van der Waals surface area contributed by atoms with Crippen LogP contribution in [0.15, 0.2) is 23.1 Å². The van der Waals surface area contributed by atoms with Crippen molar-refractivity contribution >= 4 is 29.3 Å². The zero-order chi connectivity index (χ0) is 12.6. The third-order valence-electron chi connectivity index (χ3n) is 3.08. The summed E-state index contributed by atoms with van der Waals surface area (Å²) in [4.78, 5) is 12.3. The fraction of sp³-hybridized carbons (Fsp3) is 0.462. The van der Waals surface area contributed by atoms with E-state index in [0.717, 1.165) is 11.4 Å². The van der Waals surface area contributed by atoms with E-state index in [1.807, 2.05) is 18.2 Å². The number of carbonyl (C=O) groups is 1. The van der Waals surface area contributed by atoms with Crippen LogP contribution in [0, 0.1) is 5.41 Å². The van der Waals surface area contributed by atoms with Gasteiger partial charge in [0.1, 0.15) is 0 Å². The van der Waals surface area contributed by atoms with Crippen molar-refractivity contribution in [2.45, 2.75) is 36.8 Å². The molecule has 1 aliphatic rings. The molecule has 0 aliphatic carbocycles. The van der Waals surface area contributed by atoms with E-state index in [1.54, 1.807) is 25.6 Å². The highest BCUT2D eigenvalue weighted by atomic mass is 35.5. The van der Waals surface area contributed by atoms with Crippen LogP contribution in [-0.4, -0.2) is 16.3 Å². The molecular weight excluding hydrogens is 256 g/mol. The Labute approximate surface area is 110 Å². The lowest BCUT2D eigenvalue weighted by molar-refractivity contribution is -0.147. The fourth-order valence-electron chi connectivity index (χ4n) is 2.06. The monoisotopic (exact) mass is 270 g/mol. The quantitative estimate of drug-likeness (QED) is 0.906. The van der Waals surface area contributed by atoms with Crippen LogP contribution in [0.1, 0.15) is 25.8 Å². The minimum absolute atomic E-state index is 0.342. The summed E-state index contributed by atoms with van der Waals surface area (Å²) >= 11 is 7.72. The van der Waals surface area contributed by atoms with Crippen LogP contribution in [-0.2, 0) is 11.2 Å². The highest BCUT2D eigenvalue weighted by Crippen LogP contribution is 2.42.